The average Bonchev–Trinajstić information content (AvgIpc) is 3.00. The summed E-state index contributed by atoms with van der Waals surface area (Å²) in [5.41, 5.74) is 2.25. The number of ether oxygens (including phenoxy) is 2. The van der Waals surface area contributed by atoms with Crippen LogP contribution in [0.4, 0.5) is 5.69 Å². The summed E-state index contributed by atoms with van der Waals surface area (Å²) in [7, 11) is 2.42. The molecule has 2 amide bonds. The Morgan fingerprint density at radius 3 is 2.22 bits per heavy atom. The maximum atomic E-state index is 13.1. The van der Waals surface area contributed by atoms with Crippen LogP contribution < -0.4 is 4.90 Å². The van der Waals surface area contributed by atoms with Crippen LogP contribution in [0.3, 0.4) is 0 Å². The predicted molar refractivity (Wildman–Crippen MR) is 158 cm³/mol. The lowest BCUT2D eigenvalue weighted by atomic mass is 10.1. The number of rotatable bonds is 13. The van der Waals surface area contributed by atoms with Gasteiger partial charge in [-0.2, -0.15) is 0 Å². The van der Waals surface area contributed by atoms with Gasteiger partial charge in [0.2, 0.25) is 5.91 Å². The minimum Gasteiger partial charge on any atom is -0.469 e. The summed E-state index contributed by atoms with van der Waals surface area (Å²) >= 11 is 6.93. The fourth-order valence-corrected chi connectivity index (χ4v) is 5.52. The molecule has 1 unspecified atom stereocenters. The van der Waals surface area contributed by atoms with Crippen LogP contribution in [0.5, 0.6) is 0 Å². The number of hydrogen-bond acceptors (Lipinski definition) is 9. The third-order valence-electron chi connectivity index (χ3n) is 6.79. The highest BCUT2D eigenvalue weighted by Crippen LogP contribution is 2.22. The molecule has 0 saturated carbocycles. The third kappa shape index (κ3) is 9.74. The number of aliphatic hydroxyl groups excluding tert-OH is 1. The number of carbonyl (C=O) groups excluding carboxylic acids is 4. The van der Waals surface area contributed by atoms with Crippen molar-refractivity contribution in [1.82, 2.24) is 9.80 Å². The SMILES string of the molecule is COC(=O)CC(SCC(=O)N(CCO)c1ccc(C(=O)N2CCN(CCc3ccc(Cl)cc3)CC2)cc1)C(=O)OC. The Balaban J connectivity index is 1.54. The molecule has 222 valence electrons. The first-order chi connectivity index (χ1) is 19.7. The third-order valence-corrected chi connectivity index (χ3v) is 8.22. The lowest BCUT2D eigenvalue weighted by molar-refractivity contribution is -0.146. The van der Waals surface area contributed by atoms with Crippen molar-refractivity contribution in [2.24, 2.45) is 0 Å². The zero-order valence-electron chi connectivity index (χ0n) is 23.3. The van der Waals surface area contributed by atoms with Gasteiger partial charge in [-0.15, -0.1) is 11.8 Å². The summed E-state index contributed by atoms with van der Waals surface area (Å²) in [6, 6.07) is 14.5. The Bertz CT molecular complexity index is 1170. The highest BCUT2D eigenvalue weighted by molar-refractivity contribution is 8.01. The lowest BCUT2D eigenvalue weighted by Gasteiger charge is -2.35. The largest absolute Gasteiger partial charge is 0.469 e. The number of anilines is 1. The first-order valence-corrected chi connectivity index (χ1v) is 14.7. The van der Waals surface area contributed by atoms with Gasteiger partial charge in [0.05, 0.1) is 33.0 Å². The molecule has 2 aromatic carbocycles. The summed E-state index contributed by atoms with van der Waals surface area (Å²) in [5.74, 6) is -1.79. The van der Waals surface area contributed by atoms with Crippen LogP contribution in [0.1, 0.15) is 22.3 Å². The Morgan fingerprint density at radius 1 is 0.976 bits per heavy atom. The monoisotopic (exact) mass is 605 g/mol. The fourth-order valence-electron chi connectivity index (χ4n) is 4.40. The zero-order chi connectivity index (χ0) is 29.8. The minimum absolute atomic E-state index is 0.0323. The van der Waals surface area contributed by atoms with Gasteiger partial charge in [-0.25, -0.2) is 0 Å². The van der Waals surface area contributed by atoms with E-state index in [2.05, 4.69) is 9.64 Å². The highest BCUT2D eigenvalue weighted by atomic mass is 35.5. The van der Waals surface area contributed by atoms with Crippen LogP contribution in [-0.4, -0.2) is 110 Å². The summed E-state index contributed by atoms with van der Waals surface area (Å²) in [6.07, 6.45) is 0.692. The number of hydrogen-bond donors (Lipinski definition) is 1. The summed E-state index contributed by atoms with van der Waals surface area (Å²) in [6.45, 7) is 3.49. The summed E-state index contributed by atoms with van der Waals surface area (Å²) in [5, 5.41) is 9.37. The molecule has 0 aromatic heterocycles. The number of halogens is 1. The summed E-state index contributed by atoms with van der Waals surface area (Å²) < 4.78 is 9.36. The first-order valence-electron chi connectivity index (χ1n) is 13.3. The van der Waals surface area contributed by atoms with Crippen LogP contribution in [0.2, 0.25) is 5.02 Å². The first kappa shape index (κ1) is 32.4. The molecule has 41 heavy (non-hydrogen) atoms. The van der Waals surface area contributed by atoms with Crippen LogP contribution in [0.15, 0.2) is 48.5 Å². The Kier molecular flexibility index (Phi) is 12.9. The molecule has 0 spiro atoms. The molecular formula is C29H36ClN3O7S. The van der Waals surface area contributed by atoms with E-state index in [1.807, 2.05) is 29.2 Å². The van der Waals surface area contributed by atoms with Gasteiger partial charge < -0.3 is 24.4 Å². The number of amides is 2. The van der Waals surface area contributed by atoms with Crippen LogP contribution in [-0.2, 0) is 30.3 Å². The van der Waals surface area contributed by atoms with Crippen molar-refractivity contribution >= 4 is 52.8 Å². The maximum Gasteiger partial charge on any atom is 0.319 e. The molecule has 0 aliphatic carbocycles. The molecule has 1 heterocycles. The van der Waals surface area contributed by atoms with E-state index in [1.165, 1.54) is 24.7 Å². The number of nitrogens with zero attached hydrogens (tertiary/aromatic N) is 3. The van der Waals surface area contributed by atoms with Crippen molar-refractivity contribution in [3.05, 3.63) is 64.7 Å². The number of benzene rings is 2. The Labute approximate surface area is 249 Å². The number of carbonyl (C=O) groups is 4. The van der Waals surface area contributed by atoms with Crippen molar-refractivity contribution in [2.45, 2.75) is 18.1 Å². The van der Waals surface area contributed by atoms with Gasteiger partial charge >= 0.3 is 11.9 Å². The van der Waals surface area contributed by atoms with Crippen molar-refractivity contribution in [3.8, 4) is 0 Å². The van der Waals surface area contributed by atoms with Gasteiger partial charge in [0.25, 0.3) is 5.91 Å². The van der Waals surface area contributed by atoms with E-state index >= 15 is 0 Å². The van der Waals surface area contributed by atoms with Gasteiger partial charge in [0.1, 0.15) is 5.25 Å². The molecule has 1 atom stereocenters. The fraction of sp³-hybridized carbons (Fsp3) is 0.448. The zero-order valence-corrected chi connectivity index (χ0v) is 24.9. The van der Waals surface area contributed by atoms with E-state index in [0.29, 0.717) is 24.3 Å². The molecule has 3 rings (SSSR count). The average molecular weight is 606 g/mol. The highest BCUT2D eigenvalue weighted by Gasteiger charge is 2.27. The normalized spacial score (nSPS) is 14.3. The summed E-state index contributed by atoms with van der Waals surface area (Å²) in [4.78, 5) is 55.4. The predicted octanol–water partition coefficient (Wildman–Crippen LogP) is 2.50. The maximum absolute atomic E-state index is 13.1. The minimum atomic E-state index is -0.898. The second-order valence-electron chi connectivity index (χ2n) is 9.43. The van der Waals surface area contributed by atoms with Crippen LogP contribution in [0, 0.1) is 0 Å². The lowest BCUT2D eigenvalue weighted by Crippen LogP contribution is -2.49. The van der Waals surface area contributed by atoms with E-state index in [4.69, 9.17) is 16.3 Å². The van der Waals surface area contributed by atoms with Gasteiger partial charge in [-0.3, -0.25) is 24.1 Å². The van der Waals surface area contributed by atoms with E-state index in [9.17, 15) is 24.3 Å². The van der Waals surface area contributed by atoms with Crippen molar-refractivity contribution in [2.75, 3.05) is 70.7 Å². The van der Waals surface area contributed by atoms with E-state index < -0.39 is 17.2 Å². The molecule has 2 aromatic rings. The van der Waals surface area contributed by atoms with Crippen molar-refractivity contribution < 1.29 is 33.8 Å². The van der Waals surface area contributed by atoms with Gasteiger partial charge in [-0.1, -0.05) is 23.7 Å². The molecule has 10 nitrogen and oxygen atoms in total. The number of piperazine rings is 1. The van der Waals surface area contributed by atoms with E-state index in [0.717, 1.165) is 42.8 Å². The van der Waals surface area contributed by atoms with Gasteiger partial charge in [0.15, 0.2) is 0 Å². The topological polar surface area (TPSA) is 117 Å². The Morgan fingerprint density at radius 2 is 1.63 bits per heavy atom. The molecule has 1 fully saturated rings. The smallest absolute Gasteiger partial charge is 0.319 e. The van der Waals surface area contributed by atoms with E-state index in [1.54, 1.807) is 24.3 Å². The molecule has 1 saturated heterocycles. The number of methoxy groups -OCH3 is 2. The van der Waals surface area contributed by atoms with Gasteiger partial charge in [0, 0.05) is 55.5 Å². The number of aliphatic hydroxyl groups is 1. The van der Waals surface area contributed by atoms with Gasteiger partial charge in [-0.05, 0) is 48.4 Å². The molecule has 1 aliphatic rings. The van der Waals surface area contributed by atoms with Crippen molar-refractivity contribution in [3.63, 3.8) is 0 Å². The number of thioether (sulfide) groups is 1. The van der Waals surface area contributed by atoms with E-state index in [-0.39, 0.29) is 37.1 Å². The van der Waals surface area contributed by atoms with Crippen molar-refractivity contribution in [1.29, 1.82) is 0 Å². The molecule has 1 aliphatic heterocycles. The molecular weight excluding hydrogens is 570 g/mol. The standard InChI is InChI=1S/C29H36ClN3O7S/c1-39-27(36)19-25(29(38)40-2)41-20-26(35)33(17-18-34)24-9-5-22(6-10-24)28(37)32-15-13-31(14-16-32)12-11-21-3-7-23(30)8-4-21/h3-10,25,34H,11-20H2,1-2H3. The molecule has 12 heteroatoms. The molecule has 0 bridgehead atoms. The Hall–Kier alpha value is -3.12. The van der Waals surface area contributed by atoms with Crippen LogP contribution >= 0.6 is 23.4 Å². The second-order valence-corrected chi connectivity index (χ2v) is 11.1. The number of esters is 2. The molecule has 1 N–H and O–H groups in total. The second kappa shape index (κ2) is 16.4. The molecule has 0 radical (unpaired) electrons. The quantitative estimate of drug-likeness (QED) is 0.344. The van der Waals surface area contributed by atoms with Crippen LogP contribution in [0.25, 0.3) is 0 Å².